The Bertz CT molecular complexity index is 258. The van der Waals surface area contributed by atoms with Crippen molar-refractivity contribution in [2.45, 2.75) is 11.4 Å². The molecule has 2 heterocycles. The van der Waals surface area contributed by atoms with Gasteiger partial charge in [-0.2, -0.15) is 0 Å². The first-order valence-electron chi connectivity index (χ1n) is 3.71. The first kappa shape index (κ1) is 8.15. The zero-order valence-corrected chi connectivity index (χ0v) is 7.99. The number of halogens is 1. The van der Waals surface area contributed by atoms with Gasteiger partial charge in [-0.25, -0.2) is 10.2 Å². The third-order valence-corrected chi connectivity index (χ3v) is 2.34. The molecule has 0 spiro atoms. The van der Waals surface area contributed by atoms with Gasteiger partial charge in [-0.15, -0.1) is 5.10 Å². The summed E-state index contributed by atoms with van der Waals surface area (Å²) in [6, 6.07) is 0.283. The molecule has 12 heavy (non-hydrogen) atoms. The fraction of sp³-hybridized carbons (Fsp3) is 0.667. The van der Waals surface area contributed by atoms with E-state index >= 15 is 0 Å². The number of hydroxylamine groups is 1. The van der Waals surface area contributed by atoms with Crippen molar-refractivity contribution in [1.82, 2.24) is 20.5 Å². The summed E-state index contributed by atoms with van der Waals surface area (Å²) in [5.74, 6) is 0. The summed E-state index contributed by atoms with van der Waals surface area (Å²) in [6.45, 7) is 1.45. The van der Waals surface area contributed by atoms with Crippen LogP contribution in [0.5, 0.6) is 0 Å². The average Bonchev–Trinajstić information content (AvgIpc) is 2.75. The van der Waals surface area contributed by atoms with Gasteiger partial charge in [0.25, 0.3) is 0 Å². The van der Waals surface area contributed by atoms with Gasteiger partial charge in [0.1, 0.15) is 0 Å². The summed E-state index contributed by atoms with van der Waals surface area (Å²) in [5, 5.41) is 8.69. The van der Waals surface area contributed by atoms with Crippen LogP contribution in [-0.4, -0.2) is 28.1 Å². The zero-order valence-electron chi connectivity index (χ0n) is 6.40. The van der Waals surface area contributed by atoms with Gasteiger partial charge in [0.15, 0.2) is 0 Å². The Hall–Kier alpha value is -0.460. The SMILES string of the molecule is BrCc1cn([C@H]2CNOC2)nn1. The van der Waals surface area contributed by atoms with Gasteiger partial charge < -0.3 is 0 Å². The van der Waals surface area contributed by atoms with Crippen LogP contribution < -0.4 is 5.48 Å². The van der Waals surface area contributed by atoms with E-state index in [9.17, 15) is 0 Å². The monoisotopic (exact) mass is 232 g/mol. The lowest BCUT2D eigenvalue weighted by atomic mass is 10.3. The quantitative estimate of drug-likeness (QED) is 0.744. The maximum absolute atomic E-state index is 5.00. The molecule has 0 aromatic carbocycles. The van der Waals surface area contributed by atoms with E-state index < -0.39 is 0 Å². The van der Waals surface area contributed by atoms with Crippen molar-refractivity contribution in [2.24, 2.45) is 0 Å². The van der Waals surface area contributed by atoms with E-state index in [1.165, 1.54) is 0 Å². The van der Waals surface area contributed by atoms with Gasteiger partial charge in [-0.3, -0.25) is 4.84 Å². The predicted molar refractivity (Wildman–Crippen MR) is 45.6 cm³/mol. The Labute approximate surface area is 78.2 Å². The number of aromatic nitrogens is 3. The minimum absolute atomic E-state index is 0.283. The van der Waals surface area contributed by atoms with Gasteiger partial charge >= 0.3 is 0 Å². The second-order valence-electron chi connectivity index (χ2n) is 2.64. The van der Waals surface area contributed by atoms with Crippen molar-refractivity contribution in [3.63, 3.8) is 0 Å². The predicted octanol–water partition coefficient (Wildman–Crippen LogP) is 0.249. The lowest BCUT2D eigenvalue weighted by Gasteiger charge is -2.03. The molecule has 0 radical (unpaired) electrons. The summed E-state index contributed by atoms with van der Waals surface area (Å²) in [5.41, 5.74) is 3.74. The van der Waals surface area contributed by atoms with Crippen LogP contribution in [0.15, 0.2) is 6.20 Å². The molecular formula is C6H9BrN4O. The molecule has 5 nitrogen and oxygen atoms in total. The molecule has 1 aliphatic rings. The highest BCUT2D eigenvalue weighted by molar-refractivity contribution is 9.08. The smallest absolute Gasteiger partial charge is 0.0937 e. The van der Waals surface area contributed by atoms with Crippen LogP contribution in [0.3, 0.4) is 0 Å². The molecule has 1 aliphatic heterocycles. The number of hydrogen-bond donors (Lipinski definition) is 1. The molecule has 1 fully saturated rings. The molecule has 0 bridgehead atoms. The summed E-state index contributed by atoms with van der Waals surface area (Å²) in [7, 11) is 0. The Morgan fingerprint density at radius 1 is 1.83 bits per heavy atom. The molecule has 66 valence electrons. The van der Waals surface area contributed by atoms with Crippen molar-refractivity contribution in [2.75, 3.05) is 13.2 Å². The van der Waals surface area contributed by atoms with Crippen LogP contribution in [0.4, 0.5) is 0 Å². The maximum Gasteiger partial charge on any atom is 0.0937 e. The standard InChI is InChI=1S/C6H9BrN4O/c7-1-5-3-11(10-9-5)6-2-8-12-4-6/h3,6,8H,1-2,4H2/t6-/m0/s1. The van der Waals surface area contributed by atoms with Crippen molar-refractivity contribution in [3.05, 3.63) is 11.9 Å². The topological polar surface area (TPSA) is 52.0 Å². The lowest BCUT2D eigenvalue weighted by molar-refractivity contribution is 0.0968. The van der Waals surface area contributed by atoms with Gasteiger partial charge in [0.2, 0.25) is 0 Å². The number of alkyl halides is 1. The van der Waals surface area contributed by atoms with E-state index in [1.807, 2.05) is 10.9 Å². The number of nitrogens with one attached hydrogen (secondary N) is 1. The maximum atomic E-state index is 5.00. The fourth-order valence-corrected chi connectivity index (χ4v) is 1.35. The van der Waals surface area contributed by atoms with Crippen molar-refractivity contribution < 1.29 is 4.84 Å². The molecule has 0 saturated carbocycles. The van der Waals surface area contributed by atoms with E-state index in [1.54, 1.807) is 0 Å². The normalized spacial score (nSPS) is 23.2. The van der Waals surface area contributed by atoms with Crippen LogP contribution in [0, 0.1) is 0 Å². The first-order chi connectivity index (χ1) is 5.90. The largest absolute Gasteiger partial charge is 0.299 e. The fourth-order valence-electron chi connectivity index (χ4n) is 1.09. The minimum Gasteiger partial charge on any atom is -0.299 e. The molecule has 0 amide bonds. The van der Waals surface area contributed by atoms with Crippen LogP contribution >= 0.6 is 15.9 Å². The van der Waals surface area contributed by atoms with Crippen molar-refractivity contribution in [1.29, 1.82) is 0 Å². The summed E-state index contributed by atoms with van der Waals surface area (Å²) in [4.78, 5) is 5.00. The van der Waals surface area contributed by atoms with Gasteiger partial charge in [0, 0.05) is 18.1 Å². The Balaban J connectivity index is 2.11. The molecule has 2 rings (SSSR count). The zero-order chi connectivity index (χ0) is 8.39. The molecule has 0 aliphatic carbocycles. The van der Waals surface area contributed by atoms with E-state index in [0.717, 1.165) is 17.6 Å². The molecular weight excluding hydrogens is 224 g/mol. The average molecular weight is 233 g/mol. The third kappa shape index (κ3) is 1.50. The Morgan fingerprint density at radius 2 is 2.75 bits per heavy atom. The van der Waals surface area contributed by atoms with E-state index in [-0.39, 0.29) is 6.04 Å². The highest BCUT2D eigenvalue weighted by atomic mass is 79.9. The number of rotatable bonds is 2. The molecule has 1 N–H and O–H groups in total. The molecule has 1 saturated heterocycles. The van der Waals surface area contributed by atoms with Gasteiger partial charge in [-0.1, -0.05) is 21.1 Å². The summed E-state index contributed by atoms with van der Waals surface area (Å²) >= 11 is 3.32. The number of hydrogen-bond acceptors (Lipinski definition) is 4. The van der Waals surface area contributed by atoms with E-state index in [2.05, 4.69) is 31.7 Å². The summed E-state index contributed by atoms with van der Waals surface area (Å²) in [6.07, 6.45) is 1.93. The molecule has 6 heteroatoms. The second kappa shape index (κ2) is 3.51. The minimum atomic E-state index is 0.283. The first-order valence-corrected chi connectivity index (χ1v) is 4.83. The summed E-state index contributed by atoms with van der Waals surface area (Å²) < 4.78 is 1.83. The second-order valence-corrected chi connectivity index (χ2v) is 3.20. The van der Waals surface area contributed by atoms with Gasteiger partial charge in [0.05, 0.1) is 18.3 Å². The van der Waals surface area contributed by atoms with Crippen LogP contribution in [0.2, 0.25) is 0 Å². The van der Waals surface area contributed by atoms with Crippen LogP contribution in [-0.2, 0) is 10.2 Å². The van der Waals surface area contributed by atoms with Crippen molar-refractivity contribution in [3.8, 4) is 0 Å². The highest BCUT2D eigenvalue weighted by Gasteiger charge is 2.18. The van der Waals surface area contributed by atoms with Crippen LogP contribution in [0.25, 0.3) is 0 Å². The van der Waals surface area contributed by atoms with Crippen molar-refractivity contribution >= 4 is 15.9 Å². The van der Waals surface area contributed by atoms with Gasteiger partial charge in [-0.05, 0) is 0 Å². The lowest BCUT2D eigenvalue weighted by Crippen LogP contribution is -2.14. The Morgan fingerprint density at radius 3 is 3.33 bits per heavy atom. The number of nitrogens with zero attached hydrogens (tertiary/aromatic N) is 3. The van der Waals surface area contributed by atoms with Crippen LogP contribution in [0.1, 0.15) is 11.7 Å². The third-order valence-electron chi connectivity index (χ3n) is 1.77. The van der Waals surface area contributed by atoms with E-state index in [4.69, 9.17) is 4.84 Å². The molecule has 0 unspecified atom stereocenters. The molecule has 1 aromatic rings. The molecule has 1 aromatic heterocycles. The Kier molecular flexibility index (Phi) is 2.38. The highest BCUT2D eigenvalue weighted by Crippen LogP contribution is 2.10. The van der Waals surface area contributed by atoms with E-state index in [0.29, 0.717) is 6.61 Å². The molecule has 1 atom stereocenters.